The number of rotatable bonds is 5. The summed E-state index contributed by atoms with van der Waals surface area (Å²) in [6.07, 6.45) is 3.63. The molecule has 4 heterocycles. The van der Waals surface area contributed by atoms with Gasteiger partial charge in [-0.05, 0) is 42.7 Å². The second-order valence-electron chi connectivity index (χ2n) is 8.36. The van der Waals surface area contributed by atoms with Gasteiger partial charge in [0.05, 0.1) is 18.8 Å². The molecule has 3 saturated heterocycles. The molecule has 2 aromatic rings. The van der Waals surface area contributed by atoms with E-state index in [1.54, 1.807) is 30.5 Å². The number of likely N-dealkylation sites (tertiary alicyclic amines) is 1. The van der Waals surface area contributed by atoms with E-state index in [0.29, 0.717) is 37.7 Å². The van der Waals surface area contributed by atoms with E-state index < -0.39 is 5.60 Å². The quantitative estimate of drug-likeness (QED) is 0.735. The number of halogens is 1. The Kier molecular flexibility index (Phi) is 5.08. The van der Waals surface area contributed by atoms with Crippen molar-refractivity contribution in [1.29, 1.82) is 5.26 Å². The highest BCUT2D eigenvalue weighted by atomic mass is 19.1. The molecule has 31 heavy (non-hydrogen) atoms. The zero-order valence-electron chi connectivity index (χ0n) is 17.0. The predicted octanol–water partition coefficient (Wildman–Crippen LogP) is 2.21. The van der Waals surface area contributed by atoms with Crippen molar-refractivity contribution in [3.05, 3.63) is 59.5 Å². The zero-order chi connectivity index (χ0) is 21.4. The van der Waals surface area contributed by atoms with E-state index in [9.17, 15) is 14.4 Å². The van der Waals surface area contributed by atoms with Gasteiger partial charge in [0.1, 0.15) is 29.9 Å². The lowest BCUT2D eigenvalue weighted by atomic mass is 9.92. The molecule has 0 spiro atoms. The molecule has 3 aliphatic heterocycles. The molecular weight excluding hydrogens is 399 g/mol. The van der Waals surface area contributed by atoms with Crippen molar-refractivity contribution in [3.8, 4) is 6.07 Å². The molecule has 0 radical (unpaired) electrons. The Bertz CT molecular complexity index is 1000. The second-order valence-corrected chi connectivity index (χ2v) is 8.36. The number of nitriles is 1. The van der Waals surface area contributed by atoms with E-state index in [0.717, 1.165) is 18.4 Å². The van der Waals surface area contributed by atoms with Crippen molar-refractivity contribution in [3.63, 3.8) is 0 Å². The molecule has 160 valence electrons. The highest BCUT2D eigenvalue weighted by Gasteiger charge is 2.45. The maximum Gasteiger partial charge on any atom is 0.248 e. The van der Waals surface area contributed by atoms with Gasteiger partial charge in [-0.1, -0.05) is 12.1 Å². The minimum atomic E-state index is -0.695. The SMILES string of the molecule is N#Cc1cccnc1N1C2CCC1CN(C(=O)COC1(c3ccc(F)cc3)COC1)C2. The fourth-order valence-corrected chi connectivity index (χ4v) is 4.81. The van der Waals surface area contributed by atoms with Gasteiger partial charge >= 0.3 is 0 Å². The number of carbonyl (C=O) groups is 1. The van der Waals surface area contributed by atoms with Gasteiger partial charge in [-0.25, -0.2) is 9.37 Å². The topological polar surface area (TPSA) is 78.7 Å². The van der Waals surface area contributed by atoms with Crippen molar-refractivity contribution in [2.24, 2.45) is 0 Å². The molecule has 1 aromatic carbocycles. The molecule has 0 N–H and O–H groups in total. The summed E-state index contributed by atoms with van der Waals surface area (Å²) in [7, 11) is 0. The van der Waals surface area contributed by atoms with E-state index in [4.69, 9.17) is 9.47 Å². The van der Waals surface area contributed by atoms with Crippen LogP contribution in [0, 0.1) is 17.1 Å². The van der Waals surface area contributed by atoms with Gasteiger partial charge in [0.25, 0.3) is 0 Å². The fourth-order valence-electron chi connectivity index (χ4n) is 4.81. The third-order valence-electron chi connectivity index (χ3n) is 6.50. The zero-order valence-corrected chi connectivity index (χ0v) is 17.0. The Labute approximate surface area is 180 Å². The Morgan fingerprint density at radius 2 is 1.94 bits per heavy atom. The van der Waals surface area contributed by atoms with Crippen LogP contribution in [0.25, 0.3) is 0 Å². The highest BCUT2D eigenvalue weighted by molar-refractivity contribution is 5.78. The summed E-state index contributed by atoms with van der Waals surface area (Å²) in [5.41, 5.74) is 0.686. The number of carbonyl (C=O) groups excluding carboxylic acids is 1. The van der Waals surface area contributed by atoms with Crippen molar-refractivity contribution in [2.45, 2.75) is 30.5 Å². The number of fused-ring (bicyclic) bond motifs is 2. The lowest BCUT2D eigenvalue weighted by Gasteiger charge is -2.44. The van der Waals surface area contributed by atoms with E-state index >= 15 is 0 Å². The van der Waals surface area contributed by atoms with Gasteiger partial charge in [0.15, 0.2) is 0 Å². The Balaban J connectivity index is 1.25. The molecule has 1 amide bonds. The molecule has 3 fully saturated rings. The number of amides is 1. The van der Waals surface area contributed by atoms with Crippen molar-refractivity contribution in [1.82, 2.24) is 9.88 Å². The van der Waals surface area contributed by atoms with Crippen LogP contribution in [0.5, 0.6) is 0 Å². The number of pyridine rings is 1. The van der Waals surface area contributed by atoms with Crippen LogP contribution in [0.1, 0.15) is 24.0 Å². The fraction of sp³-hybridized carbons (Fsp3) is 0.435. The maximum absolute atomic E-state index is 13.3. The number of ether oxygens (including phenoxy) is 2. The number of piperazine rings is 1. The Hall–Kier alpha value is -3.02. The number of hydrogen-bond acceptors (Lipinski definition) is 6. The van der Waals surface area contributed by atoms with Crippen molar-refractivity contribution < 1.29 is 18.7 Å². The molecule has 0 saturated carbocycles. The van der Waals surface area contributed by atoms with Gasteiger partial charge in [-0.2, -0.15) is 5.26 Å². The largest absolute Gasteiger partial charge is 0.375 e. The molecule has 2 unspecified atom stereocenters. The summed E-state index contributed by atoms with van der Waals surface area (Å²) in [6, 6.07) is 12.2. The van der Waals surface area contributed by atoms with Gasteiger partial charge in [-0.3, -0.25) is 4.79 Å². The summed E-state index contributed by atoms with van der Waals surface area (Å²) in [5, 5.41) is 9.44. The van der Waals surface area contributed by atoms with E-state index in [1.807, 2.05) is 4.90 Å². The summed E-state index contributed by atoms with van der Waals surface area (Å²) in [5.74, 6) is 0.338. The van der Waals surface area contributed by atoms with Crippen LogP contribution < -0.4 is 4.90 Å². The minimum Gasteiger partial charge on any atom is -0.375 e. The van der Waals surface area contributed by atoms with Crippen LogP contribution in [0.4, 0.5) is 10.2 Å². The van der Waals surface area contributed by atoms with Gasteiger partial charge in [-0.15, -0.1) is 0 Å². The average molecular weight is 422 g/mol. The molecule has 0 aliphatic carbocycles. The molecule has 2 bridgehead atoms. The summed E-state index contributed by atoms with van der Waals surface area (Å²) >= 11 is 0. The first-order chi connectivity index (χ1) is 15.1. The van der Waals surface area contributed by atoms with Crippen LogP contribution >= 0.6 is 0 Å². The first-order valence-corrected chi connectivity index (χ1v) is 10.5. The molecule has 3 aliphatic rings. The van der Waals surface area contributed by atoms with Gasteiger partial charge in [0.2, 0.25) is 5.91 Å². The predicted molar refractivity (Wildman–Crippen MR) is 110 cm³/mol. The summed E-state index contributed by atoms with van der Waals surface area (Å²) < 4.78 is 24.7. The van der Waals surface area contributed by atoms with Gasteiger partial charge in [0, 0.05) is 31.4 Å². The number of anilines is 1. The highest BCUT2D eigenvalue weighted by Crippen LogP contribution is 2.36. The van der Waals surface area contributed by atoms with E-state index in [-0.39, 0.29) is 30.4 Å². The molecule has 5 rings (SSSR count). The lowest BCUT2D eigenvalue weighted by Crippen LogP contribution is -2.57. The third-order valence-corrected chi connectivity index (χ3v) is 6.50. The van der Waals surface area contributed by atoms with Crippen LogP contribution in [-0.4, -0.2) is 60.8 Å². The lowest BCUT2D eigenvalue weighted by molar-refractivity contribution is -0.218. The van der Waals surface area contributed by atoms with Crippen molar-refractivity contribution >= 4 is 11.7 Å². The van der Waals surface area contributed by atoms with E-state index in [1.165, 1.54) is 12.1 Å². The van der Waals surface area contributed by atoms with Crippen LogP contribution in [-0.2, 0) is 19.9 Å². The smallest absolute Gasteiger partial charge is 0.248 e. The molecular formula is C23H23FN4O3. The van der Waals surface area contributed by atoms with E-state index in [2.05, 4.69) is 16.0 Å². The molecule has 1 aromatic heterocycles. The first-order valence-electron chi connectivity index (χ1n) is 10.5. The average Bonchev–Trinajstić information content (AvgIpc) is 3.02. The standard InChI is InChI=1S/C23H23FN4O3/c24-18-5-3-17(4-6-18)23(14-30-15-23)31-13-21(29)27-11-19-7-8-20(12-27)28(19)22-16(10-25)2-1-9-26-22/h1-6,9,19-20H,7-8,11-15H2. The Morgan fingerprint density at radius 1 is 1.23 bits per heavy atom. The van der Waals surface area contributed by atoms with Crippen molar-refractivity contribution in [2.75, 3.05) is 37.8 Å². The number of aromatic nitrogens is 1. The first kappa shape index (κ1) is 19.9. The monoisotopic (exact) mass is 422 g/mol. The minimum absolute atomic E-state index is 0.0484. The number of benzene rings is 1. The molecule has 8 heteroatoms. The van der Waals surface area contributed by atoms with Gasteiger partial charge < -0.3 is 19.3 Å². The molecule has 7 nitrogen and oxygen atoms in total. The number of hydrogen-bond donors (Lipinski definition) is 0. The maximum atomic E-state index is 13.3. The second kappa shape index (κ2) is 7.91. The third kappa shape index (κ3) is 3.54. The van der Waals surface area contributed by atoms with Crippen LogP contribution in [0.15, 0.2) is 42.6 Å². The van der Waals surface area contributed by atoms with Crippen LogP contribution in [0.3, 0.4) is 0 Å². The molecule has 2 atom stereocenters. The number of nitrogens with zero attached hydrogens (tertiary/aromatic N) is 4. The Morgan fingerprint density at radius 3 is 2.55 bits per heavy atom. The summed E-state index contributed by atoms with van der Waals surface area (Å²) in [6.45, 7) is 1.82. The normalized spacial score (nSPS) is 23.9. The summed E-state index contributed by atoms with van der Waals surface area (Å²) in [4.78, 5) is 21.5. The van der Waals surface area contributed by atoms with Crippen LogP contribution in [0.2, 0.25) is 0 Å².